The highest BCUT2D eigenvalue weighted by Crippen LogP contribution is 2.33. The van der Waals surface area contributed by atoms with Crippen molar-refractivity contribution < 1.29 is 13.2 Å². The zero-order valence-corrected chi connectivity index (χ0v) is 10.6. The molecule has 0 atom stereocenters. The number of rotatable bonds is 2. The molecule has 0 saturated carbocycles. The van der Waals surface area contributed by atoms with E-state index in [9.17, 15) is 13.2 Å². The Balaban J connectivity index is 2.33. The lowest BCUT2D eigenvalue weighted by molar-refractivity contribution is -0.137. The molecule has 0 radical (unpaired) electrons. The van der Waals surface area contributed by atoms with Gasteiger partial charge in [-0.05, 0) is 36.9 Å². The molecular weight excluding hydrogens is 277 g/mol. The predicted molar refractivity (Wildman–Crippen MR) is 64.5 cm³/mol. The molecule has 0 aliphatic carbocycles. The third-order valence-corrected chi connectivity index (χ3v) is 2.92. The van der Waals surface area contributed by atoms with E-state index in [4.69, 9.17) is 5.73 Å². The SMILES string of the molecule is Cc1ccnc(Sc2cc(C(F)(F)F)cc(N)n2)n1. The summed E-state index contributed by atoms with van der Waals surface area (Å²) >= 11 is 0.933. The van der Waals surface area contributed by atoms with Gasteiger partial charge in [0.05, 0.1) is 5.56 Å². The Bertz CT molecular complexity index is 601. The summed E-state index contributed by atoms with van der Waals surface area (Å²) in [6.07, 6.45) is -2.93. The molecule has 0 aromatic carbocycles. The first kappa shape index (κ1) is 13.6. The van der Waals surface area contributed by atoms with Crippen LogP contribution in [0.15, 0.2) is 34.6 Å². The molecule has 2 aromatic heterocycles. The van der Waals surface area contributed by atoms with Crippen LogP contribution in [0, 0.1) is 6.92 Å². The predicted octanol–water partition coefficient (Wildman–Crippen LogP) is 2.93. The summed E-state index contributed by atoms with van der Waals surface area (Å²) in [5, 5.41) is 0.434. The van der Waals surface area contributed by atoms with Crippen LogP contribution in [0.2, 0.25) is 0 Å². The topological polar surface area (TPSA) is 64.7 Å². The van der Waals surface area contributed by atoms with E-state index in [1.54, 1.807) is 13.0 Å². The summed E-state index contributed by atoms with van der Waals surface area (Å²) in [6.45, 7) is 1.76. The minimum absolute atomic E-state index is 0.109. The van der Waals surface area contributed by atoms with Gasteiger partial charge in [0.1, 0.15) is 10.8 Å². The summed E-state index contributed by atoms with van der Waals surface area (Å²) in [5.74, 6) is -0.190. The Hall–Kier alpha value is -1.83. The molecule has 4 nitrogen and oxygen atoms in total. The van der Waals surface area contributed by atoms with Gasteiger partial charge in [-0.25, -0.2) is 15.0 Å². The van der Waals surface area contributed by atoms with Crippen LogP contribution in [0.3, 0.4) is 0 Å². The fourth-order valence-electron chi connectivity index (χ4n) is 1.31. The number of hydrogen-bond acceptors (Lipinski definition) is 5. The molecule has 2 rings (SSSR count). The molecule has 0 bridgehead atoms. The lowest BCUT2D eigenvalue weighted by Gasteiger charge is -2.09. The van der Waals surface area contributed by atoms with Crippen LogP contribution in [0.1, 0.15) is 11.3 Å². The first-order valence-corrected chi connectivity index (χ1v) is 5.98. The number of nitrogens with two attached hydrogens (primary N) is 1. The number of alkyl halides is 3. The molecule has 0 saturated heterocycles. The van der Waals surface area contributed by atoms with Gasteiger partial charge in [-0.1, -0.05) is 0 Å². The lowest BCUT2D eigenvalue weighted by Crippen LogP contribution is -2.07. The fraction of sp³-hybridized carbons (Fsp3) is 0.182. The monoisotopic (exact) mass is 286 g/mol. The lowest BCUT2D eigenvalue weighted by atomic mass is 10.2. The fourth-order valence-corrected chi connectivity index (χ4v) is 2.14. The quantitative estimate of drug-likeness (QED) is 0.860. The maximum atomic E-state index is 12.6. The molecule has 100 valence electrons. The molecule has 0 aliphatic rings. The van der Waals surface area contributed by atoms with E-state index in [0.717, 1.165) is 29.6 Å². The largest absolute Gasteiger partial charge is 0.416 e. The maximum Gasteiger partial charge on any atom is 0.416 e. The Morgan fingerprint density at radius 1 is 1.21 bits per heavy atom. The van der Waals surface area contributed by atoms with E-state index in [-0.39, 0.29) is 10.8 Å². The van der Waals surface area contributed by atoms with Crippen molar-refractivity contribution in [3.63, 3.8) is 0 Å². The molecule has 19 heavy (non-hydrogen) atoms. The average Bonchev–Trinajstić information content (AvgIpc) is 2.26. The maximum absolute atomic E-state index is 12.6. The standard InChI is InChI=1S/C11H9F3N4S/c1-6-2-3-16-10(17-6)19-9-5-7(11(12,13)14)4-8(15)18-9/h2-5H,1H3,(H2,15,18). The van der Waals surface area contributed by atoms with Crippen LogP contribution in [-0.4, -0.2) is 15.0 Å². The minimum Gasteiger partial charge on any atom is -0.384 e. The van der Waals surface area contributed by atoms with Crippen molar-refractivity contribution in [3.8, 4) is 0 Å². The van der Waals surface area contributed by atoms with E-state index in [2.05, 4.69) is 15.0 Å². The second-order valence-corrected chi connectivity index (χ2v) is 4.69. The number of nitrogens with zero attached hydrogens (tertiary/aromatic N) is 3. The zero-order valence-electron chi connectivity index (χ0n) is 9.77. The van der Waals surface area contributed by atoms with E-state index in [0.29, 0.717) is 5.16 Å². The number of pyridine rings is 1. The van der Waals surface area contributed by atoms with E-state index in [1.165, 1.54) is 6.20 Å². The summed E-state index contributed by atoms with van der Waals surface area (Å²) in [4.78, 5) is 11.9. The van der Waals surface area contributed by atoms with Crippen LogP contribution in [0.5, 0.6) is 0 Å². The average molecular weight is 286 g/mol. The highest BCUT2D eigenvalue weighted by atomic mass is 32.2. The summed E-state index contributed by atoms with van der Waals surface area (Å²) in [7, 11) is 0. The molecule has 0 fully saturated rings. The van der Waals surface area contributed by atoms with Crippen LogP contribution in [-0.2, 0) is 6.18 Å². The summed E-state index contributed by atoms with van der Waals surface area (Å²) in [6, 6.07) is 3.41. The minimum atomic E-state index is -4.46. The van der Waals surface area contributed by atoms with Crippen molar-refractivity contribution in [2.75, 3.05) is 5.73 Å². The van der Waals surface area contributed by atoms with Gasteiger partial charge in [0.15, 0.2) is 5.16 Å². The Morgan fingerprint density at radius 2 is 1.95 bits per heavy atom. The van der Waals surface area contributed by atoms with Crippen molar-refractivity contribution in [2.45, 2.75) is 23.3 Å². The second kappa shape index (κ2) is 5.04. The highest BCUT2D eigenvalue weighted by molar-refractivity contribution is 7.99. The van der Waals surface area contributed by atoms with E-state index < -0.39 is 11.7 Å². The molecule has 0 amide bonds. The van der Waals surface area contributed by atoms with Crippen LogP contribution >= 0.6 is 11.8 Å². The molecule has 2 heterocycles. The third kappa shape index (κ3) is 3.57. The van der Waals surface area contributed by atoms with Crippen molar-refractivity contribution in [3.05, 3.63) is 35.7 Å². The third-order valence-electron chi connectivity index (χ3n) is 2.12. The van der Waals surface area contributed by atoms with Gasteiger partial charge in [-0.3, -0.25) is 0 Å². The van der Waals surface area contributed by atoms with Gasteiger partial charge in [0, 0.05) is 11.9 Å². The number of aryl methyl sites for hydroxylation is 1. The van der Waals surface area contributed by atoms with Gasteiger partial charge in [0.25, 0.3) is 0 Å². The van der Waals surface area contributed by atoms with Crippen molar-refractivity contribution in [1.82, 2.24) is 15.0 Å². The van der Waals surface area contributed by atoms with Crippen LogP contribution in [0.25, 0.3) is 0 Å². The Kier molecular flexibility index (Phi) is 3.61. The van der Waals surface area contributed by atoms with Crippen molar-refractivity contribution in [2.24, 2.45) is 0 Å². The van der Waals surface area contributed by atoms with Crippen molar-refractivity contribution in [1.29, 1.82) is 0 Å². The molecular formula is C11H9F3N4S. The molecule has 0 spiro atoms. The number of hydrogen-bond donors (Lipinski definition) is 1. The smallest absolute Gasteiger partial charge is 0.384 e. The normalized spacial score (nSPS) is 11.6. The summed E-state index contributed by atoms with van der Waals surface area (Å²) < 4.78 is 37.9. The van der Waals surface area contributed by atoms with Gasteiger partial charge in [-0.15, -0.1) is 0 Å². The van der Waals surface area contributed by atoms with Crippen LogP contribution < -0.4 is 5.73 Å². The van der Waals surface area contributed by atoms with Crippen LogP contribution in [0.4, 0.5) is 19.0 Å². The van der Waals surface area contributed by atoms with E-state index >= 15 is 0 Å². The number of nitrogen functional groups attached to an aromatic ring is 1. The summed E-state index contributed by atoms with van der Waals surface area (Å²) in [5.41, 5.74) is 5.26. The molecule has 2 N–H and O–H groups in total. The Labute approximate surface area is 111 Å². The van der Waals surface area contributed by atoms with Gasteiger partial charge < -0.3 is 5.73 Å². The Morgan fingerprint density at radius 3 is 2.58 bits per heavy atom. The first-order valence-electron chi connectivity index (χ1n) is 5.17. The zero-order chi connectivity index (χ0) is 14.0. The first-order chi connectivity index (χ1) is 8.84. The number of aromatic nitrogens is 3. The molecule has 8 heteroatoms. The van der Waals surface area contributed by atoms with E-state index in [1.807, 2.05) is 0 Å². The van der Waals surface area contributed by atoms with Crippen molar-refractivity contribution >= 4 is 17.6 Å². The number of halogens is 3. The molecule has 0 unspecified atom stereocenters. The number of anilines is 1. The van der Waals surface area contributed by atoms with Gasteiger partial charge in [0.2, 0.25) is 0 Å². The molecule has 2 aromatic rings. The molecule has 0 aliphatic heterocycles. The second-order valence-electron chi connectivity index (χ2n) is 3.70. The van der Waals surface area contributed by atoms with Gasteiger partial charge >= 0.3 is 6.18 Å². The highest BCUT2D eigenvalue weighted by Gasteiger charge is 2.31. The van der Waals surface area contributed by atoms with Gasteiger partial charge in [-0.2, -0.15) is 13.2 Å².